The second-order valence-electron chi connectivity index (χ2n) is 6.16. The largest absolute Gasteiger partial charge is 0.491 e. The topological polar surface area (TPSA) is 85.2 Å². The summed E-state index contributed by atoms with van der Waals surface area (Å²) >= 11 is 0. The van der Waals surface area contributed by atoms with E-state index in [-0.39, 0.29) is 5.91 Å². The SMILES string of the molecule is CN(C)CCOc1ccccc1C(=O)NCc1cccnc1-n1cncn1. The molecule has 1 N–H and O–H groups in total. The Bertz CT molecular complexity index is 879. The van der Waals surface area contributed by atoms with E-state index in [1.165, 1.54) is 6.33 Å². The monoisotopic (exact) mass is 366 g/mol. The molecular weight excluding hydrogens is 344 g/mol. The van der Waals surface area contributed by atoms with E-state index < -0.39 is 0 Å². The molecule has 0 unspecified atom stereocenters. The number of para-hydroxylation sites is 1. The summed E-state index contributed by atoms with van der Waals surface area (Å²) in [5, 5.41) is 7.03. The van der Waals surface area contributed by atoms with Crippen molar-refractivity contribution < 1.29 is 9.53 Å². The number of carbonyl (C=O) groups is 1. The molecule has 0 fully saturated rings. The maximum Gasteiger partial charge on any atom is 0.255 e. The second-order valence-corrected chi connectivity index (χ2v) is 6.16. The third kappa shape index (κ3) is 4.89. The van der Waals surface area contributed by atoms with Gasteiger partial charge in [0.25, 0.3) is 5.91 Å². The Morgan fingerprint density at radius 3 is 2.85 bits per heavy atom. The molecule has 0 bridgehead atoms. The summed E-state index contributed by atoms with van der Waals surface area (Å²) in [6.45, 7) is 1.59. The van der Waals surface area contributed by atoms with Crippen LogP contribution in [0.1, 0.15) is 15.9 Å². The first-order valence-electron chi connectivity index (χ1n) is 8.59. The van der Waals surface area contributed by atoms with Crippen LogP contribution < -0.4 is 10.1 Å². The number of carbonyl (C=O) groups excluding carboxylic acids is 1. The summed E-state index contributed by atoms with van der Waals surface area (Å²) in [5.74, 6) is 0.995. The number of amides is 1. The molecule has 0 spiro atoms. The average molecular weight is 366 g/mol. The first-order valence-corrected chi connectivity index (χ1v) is 8.59. The van der Waals surface area contributed by atoms with Crippen molar-refractivity contribution in [3.63, 3.8) is 0 Å². The van der Waals surface area contributed by atoms with Gasteiger partial charge < -0.3 is 15.0 Å². The number of likely N-dealkylation sites (N-methyl/N-ethyl adjacent to an activating group) is 1. The van der Waals surface area contributed by atoms with Gasteiger partial charge in [0, 0.05) is 24.8 Å². The van der Waals surface area contributed by atoms with Crippen LogP contribution in [0.2, 0.25) is 0 Å². The summed E-state index contributed by atoms with van der Waals surface area (Å²) < 4.78 is 7.34. The highest BCUT2D eigenvalue weighted by molar-refractivity contribution is 5.96. The van der Waals surface area contributed by atoms with Crippen molar-refractivity contribution in [2.24, 2.45) is 0 Å². The fourth-order valence-electron chi connectivity index (χ4n) is 2.48. The average Bonchev–Trinajstić information content (AvgIpc) is 3.21. The number of nitrogens with one attached hydrogen (secondary N) is 1. The molecule has 0 saturated carbocycles. The van der Waals surface area contributed by atoms with Crippen molar-refractivity contribution in [2.45, 2.75) is 6.54 Å². The molecule has 8 heteroatoms. The number of aromatic nitrogens is 4. The van der Waals surface area contributed by atoms with Gasteiger partial charge in [0.05, 0.1) is 5.56 Å². The first-order chi connectivity index (χ1) is 13.1. The molecule has 8 nitrogen and oxygen atoms in total. The van der Waals surface area contributed by atoms with Crippen molar-refractivity contribution in [1.82, 2.24) is 30.0 Å². The standard InChI is InChI=1S/C19H22N6O2/c1-24(2)10-11-27-17-8-4-3-7-16(17)19(26)22-12-15-6-5-9-21-18(15)25-14-20-13-23-25/h3-9,13-14H,10-12H2,1-2H3,(H,22,26). The van der Waals surface area contributed by atoms with Crippen LogP contribution in [-0.4, -0.2) is 57.8 Å². The number of hydrogen-bond acceptors (Lipinski definition) is 6. The van der Waals surface area contributed by atoms with Crippen LogP contribution in [0.4, 0.5) is 0 Å². The minimum atomic E-state index is -0.205. The van der Waals surface area contributed by atoms with Crippen LogP contribution in [0, 0.1) is 0 Å². The smallest absolute Gasteiger partial charge is 0.255 e. The predicted octanol–water partition coefficient (Wildman–Crippen LogP) is 1.53. The minimum absolute atomic E-state index is 0.205. The van der Waals surface area contributed by atoms with Crippen LogP contribution in [0.15, 0.2) is 55.2 Å². The Hall–Kier alpha value is -3.26. The lowest BCUT2D eigenvalue weighted by Crippen LogP contribution is -2.25. The predicted molar refractivity (Wildman–Crippen MR) is 101 cm³/mol. The highest BCUT2D eigenvalue weighted by Gasteiger charge is 2.13. The summed E-state index contributed by atoms with van der Waals surface area (Å²) in [5.41, 5.74) is 1.34. The van der Waals surface area contributed by atoms with E-state index in [0.717, 1.165) is 12.1 Å². The van der Waals surface area contributed by atoms with Crippen molar-refractivity contribution in [2.75, 3.05) is 27.2 Å². The fourth-order valence-corrected chi connectivity index (χ4v) is 2.48. The molecule has 0 aliphatic heterocycles. The van der Waals surface area contributed by atoms with Crippen LogP contribution >= 0.6 is 0 Å². The minimum Gasteiger partial charge on any atom is -0.491 e. The number of rotatable bonds is 8. The van der Waals surface area contributed by atoms with Crippen molar-refractivity contribution in [3.05, 3.63) is 66.4 Å². The molecule has 0 aliphatic rings. The molecule has 0 atom stereocenters. The zero-order valence-electron chi connectivity index (χ0n) is 15.4. The van der Waals surface area contributed by atoms with Gasteiger partial charge in [0.15, 0.2) is 5.82 Å². The third-order valence-corrected chi connectivity index (χ3v) is 3.87. The van der Waals surface area contributed by atoms with Crippen LogP contribution in [0.25, 0.3) is 5.82 Å². The Kier molecular flexibility index (Phi) is 6.11. The van der Waals surface area contributed by atoms with Gasteiger partial charge in [-0.2, -0.15) is 5.10 Å². The van der Waals surface area contributed by atoms with E-state index in [1.807, 2.05) is 43.3 Å². The molecule has 0 aliphatic carbocycles. The van der Waals surface area contributed by atoms with E-state index in [0.29, 0.717) is 30.3 Å². The highest BCUT2D eigenvalue weighted by atomic mass is 16.5. The fraction of sp³-hybridized carbons (Fsp3) is 0.263. The van der Waals surface area contributed by atoms with Gasteiger partial charge in [-0.3, -0.25) is 4.79 Å². The lowest BCUT2D eigenvalue weighted by molar-refractivity contribution is 0.0946. The van der Waals surface area contributed by atoms with E-state index >= 15 is 0 Å². The van der Waals surface area contributed by atoms with Crippen molar-refractivity contribution in [3.8, 4) is 11.6 Å². The third-order valence-electron chi connectivity index (χ3n) is 3.87. The van der Waals surface area contributed by atoms with Gasteiger partial charge in [-0.15, -0.1) is 0 Å². The summed E-state index contributed by atoms with van der Waals surface area (Å²) in [6, 6.07) is 10.9. The summed E-state index contributed by atoms with van der Waals surface area (Å²) in [6.07, 6.45) is 4.69. The molecule has 27 heavy (non-hydrogen) atoms. The Morgan fingerprint density at radius 1 is 1.22 bits per heavy atom. The van der Waals surface area contributed by atoms with E-state index in [1.54, 1.807) is 29.3 Å². The normalized spacial score (nSPS) is 10.8. The molecule has 2 aromatic heterocycles. The van der Waals surface area contributed by atoms with Crippen LogP contribution in [0.3, 0.4) is 0 Å². The second kappa shape index (κ2) is 8.91. The van der Waals surface area contributed by atoms with Gasteiger partial charge in [-0.1, -0.05) is 18.2 Å². The molecule has 3 rings (SSSR count). The molecule has 0 radical (unpaired) electrons. The van der Waals surface area contributed by atoms with Gasteiger partial charge in [0.2, 0.25) is 0 Å². The van der Waals surface area contributed by atoms with Gasteiger partial charge in [-0.05, 0) is 32.3 Å². The summed E-state index contributed by atoms with van der Waals surface area (Å²) in [7, 11) is 3.95. The summed E-state index contributed by atoms with van der Waals surface area (Å²) in [4.78, 5) is 23.0. The molecule has 1 amide bonds. The molecule has 1 aromatic carbocycles. The Balaban J connectivity index is 1.69. The quantitative estimate of drug-likeness (QED) is 0.651. The van der Waals surface area contributed by atoms with Crippen LogP contribution in [0.5, 0.6) is 5.75 Å². The van der Waals surface area contributed by atoms with Crippen molar-refractivity contribution in [1.29, 1.82) is 0 Å². The zero-order chi connectivity index (χ0) is 19.1. The number of hydrogen-bond donors (Lipinski definition) is 1. The number of pyridine rings is 1. The Labute approximate surface area is 157 Å². The highest BCUT2D eigenvalue weighted by Crippen LogP contribution is 2.18. The lowest BCUT2D eigenvalue weighted by atomic mass is 10.1. The Morgan fingerprint density at radius 2 is 2.07 bits per heavy atom. The van der Waals surface area contributed by atoms with Gasteiger partial charge in [0.1, 0.15) is 25.0 Å². The van der Waals surface area contributed by atoms with E-state index in [9.17, 15) is 4.79 Å². The van der Waals surface area contributed by atoms with Gasteiger partial charge in [-0.25, -0.2) is 14.6 Å². The molecule has 140 valence electrons. The zero-order valence-corrected chi connectivity index (χ0v) is 15.4. The molecular formula is C19H22N6O2. The number of ether oxygens (including phenoxy) is 1. The van der Waals surface area contributed by atoms with E-state index in [4.69, 9.17) is 4.74 Å². The number of benzene rings is 1. The van der Waals surface area contributed by atoms with E-state index in [2.05, 4.69) is 20.4 Å². The maximum absolute atomic E-state index is 12.7. The van der Waals surface area contributed by atoms with Crippen molar-refractivity contribution >= 4 is 5.91 Å². The van der Waals surface area contributed by atoms with Gasteiger partial charge >= 0.3 is 0 Å². The number of nitrogens with zero attached hydrogens (tertiary/aromatic N) is 5. The molecule has 3 aromatic rings. The molecule has 2 heterocycles. The molecule has 0 saturated heterocycles. The van der Waals surface area contributed by atoms with Crippen LogP contribution in [-0.2, 0) is 6.54 Å². The lowest BCUT2D eigenvalue weighted by Gasteiger charge is -2.14. The first kappa shape index (κ1) is 18.5. The maximum atomic E-state index is 12.7.